The number of piperidine rings is 1. The first-order valence-electron chi connectivity index (χ1n) is 7.80. The predicted octanol–water partition coefficient (Wildman–Crippen LogP) is 2.64. The largest absolute Gasteiger partial charge is 0.312 e. The van der Waals surface area contributed by atoms with Gasteiger partial charge in [-0.1, -0.05) is 19.8 Å². The lowest BCUT2D eigenvalue weighted by molar-refractivity contribution is 0.210. The van der Waals surface area contributed by atoms with Gasteiger partial charge in [-0.15, -0.1) is 0 Å². The highest BCUT2D eigenvalue weighted by Crippen LogP contribution is 2.32. The van der Waals surface area contributed by atoms with Crippen LogP contribution >= 0.6 is 0 Å². The van der Waals surface area contributed by atoms with E-state index in [4.69, 9.17) is 0 Å². The average Bonchev–Trinajstić information content (AvgIpc) is 2.65. The molecule has 2 heteroatoms. The Labute approximate surface area is 106 Å². The van der Waals surface area contributed by atoms with E-state index in [1.807, 2.05) is 0 Å². The Hall–Kier alpha value is -0.0800. The third-order valence-electron chi connectivity index (χ3n) is 5.37. The Morgan fingerprint density at radius 1 is 0.941 bits per heavy atom. The van der Waals surface area contributed by atoms with E-state index in [0.29, 0.717) is 0 Å². The van der Waals surface area contributed by atoms with E-state index in [1.165, 1.54) is 64.6 Å². The summed E-state index contributed by atoms with van der Waals surface area (Å²) in [6, 6.07) is 1.73. The van der Waals surface area contributed by atoms with Crippen LogP contribution in [0.5, 0.6) is 0 Å². The molecule has 2 aliphatic heterocycles. The van der Waals surface area contributed by atoms with Gasteiger partial charge in [0.05, 0.1) is 0 Å². The third-order valence-corrected chi connectivity index (χ3v) is 5.37. The van der Waals surface area contributed by atoms with Crippen molar-refractivity contribution in [3.8, 4) is 0 Å². The quantitative estimate of drug-likeness (QED) is 0.704. The second-order valence-corrected chi connectivity index (χ2v) is 6.68. The molecule has 2 saturated heterocycles. The normalized spacial score (nSPS) is 44.3. The number of rotatable bonds is 1. The summed E-state index contributed by atoms with van der Waals surface area (Å²) in [4.78, 5) is 2.83. The van der Waals surface area contributed by atoms with Crippen molar-refractivity contribution in [3.05, 3.63) is 0 Å². The Kier molecular flexibility index (Phi) is 3.72. The predicted molar refractivity (Wildman–Crippen MR) is 72.1 cm³/mol. The van der Waals surface area contributed by atoms with Crippen molar-refractivity contribution < 1.29 is 0 Å². The van der Waals surface area contributed by atoms with Gasteiger partial charge in [0.2, 0.25) is 0 Å². The maximum atomic E-state index is 3.73. The SMILES string of the molecule is CC1CCCC(N2C[C@@H]3CCCN[C@@H]3C2)CC1. The fourth-order valence-corrected chi connectivity index (χ4v) is 4.21. The molecule has 1 N–H and O–H groups in total. The van der Waals surface area contributed by atoms with Crippen molar-refractivity contribution in [2.45, 2.75) is 64.0 Å². The topological polar surface area (TPSA) is 15.3 Å². The highest BCUT2D eigenvalue weighted by molar-refractivity contribution is 4.94. The first-order valence-corrected chi connectivity index (χ1v) is 7.80. The number of fused-ring (bicyclic) bond motifs is 1. The van der Waals surface area contributed by atoms with E-state index in [9.17, 15) is 0 Å². The Bertz CT molecular complexity index is 239. The van der Waals surface area contributed by atoms with E-state index >= 15 is 0 Å². The molecule has 0 aromatic rings. The average molecular weight is 236 g/mol. The molecular formula is C15H28N2. The molecule has 3 aliphatic rings. The van der Waals surface area contributed by atoms with Gasteiger partial charge in [0.25, 0.3) is 0 Å². The highest BCUT2D eigenvalue weighted by Gasteiger charge is 2.37. The molecule has 1 saturated carbocycles. The number of nitrogens with zero attached hydrogens (tertiary/aromatic N) is 1. The molecule has 3 rings (SSSR count). The fraction of sp³-hybridized carbons (Fsp3) is 1.00. The summed E-state index contributed by atoms with van der Waals surface area (Å²) in [5, 5.41) is 3.73. The van der Waals surface area contributed by atoms with E-state index in [-0.39, 0.29) is 0 Å². The molecule has 2 nitrogen and oxygen atoms in total. The molecule has 3 fully saturated rings. The van der Waals surface area contributed by atoms with Gasteiger partial charge in [0.1, 0.15) is 0 Å². The second kappa shape index (κ2) is 5.27. The minimum absolute atomic E-state index is 0.824. The molecule has 0 aromatic carbocycles. The van der Waals surface area contributed by atoms with Gasteiger partial charge in [0, 0.05) is 25.2 Å². The van der Waals surface area contributed by atoms with Crippen LogP contribution in [0.15, 0.2) is 0 Å². The van der Waals surface area contributed by atoms with Crippen molar-refractivity contribution in [2.24, 2.45) is 11.8 Å². The molecule has 0 amide bonds. The van der Waals surface area contributed by atoms with Crippen molar-refractivity contribution in [1.82, 2.24) is 10.2 Å². The standard InChI is InChI=1S/C15H28N2/c1-12-4-2-6-14(8-7-12)17-10-13-5-3-9-16-15(13)11-17/h12-16H,2-11H2,1H3/t12?,13-,14?,15+/m0/s1. The monoisotopic (exact) mass is 236 g/mol. The molecule has 0 spiro atoms. The zero-order valence-corrected chi connectivity index (χ0v) is 11.3. The molecular weight excluding hydrogens is 208 g/mol. The molecule has 0 aromatic heterocycles. The summed E-state index contributed by atoms with van der Waals surface area (Å²) in [6.07, 6.45) is 10.2. The maximum Gasteiger partial charge on any atom is 0.0235 e. The van der Waals surface area contributed by atoms with Gasteiger partial charge in [-0.05, 0) is 50.5 Å². The minimum Gasteiger partial charge on any atom is -0.312 e. The first-order chi connectivity index (χ1) is 8.33. The summed E-state index contributed by atoms with van der Waals surface area (Å²) >= 11 is 0. The Balaban J connectivity index is 1.57. The van der Waals surface area contributed by atoms with Gasteiger partial charge in [-0.25, -0.2) is 0 Å². The van der Waals surface area contributed by atoms with Crippen LogP contribution in [0.1, 0.15) is 51.9 Å². The zero-order chi connectivity index (χ0) is 11.7. The molecule has 4 atom stereocenters. The van der Waals surface area contributed by atoms with Crippen LogP contribution in [0, 0.1) is 11.8 Å². The summed E-state index contributed by atoms with van der Waals surface area (Å²) in [5.74, 6) is 1.94. The van der Waals surface area contributed by atoms with Crippen LogP contribution in [-0.2, 0) is 0 Å². The van der Waals surface area contributed by atoms with Gasteiger partial charge in [-0.3, -0.25) is 4.90 Å². The summed E-state index contributed by atoms with van der Waals surface area (Å²) in [6.45, 7) is 6.42. The lowest BCUT2D eigenvalue weighted by Crippen LogP contribution is -2.41. The first kappa shape index (κ1) is 12.0. The Morgan fingerprint density at radius 3 is 2.76 bits per heavy atom. The van der Waals surface area contributed by atoms with Crippen molar-refractivity contribution in [3.63, 3.8) is 0 Å². The zero-order valence-electron chi connectivity index (χ0n) is 11.3. The number of nitrogens with one attached hydrogen (secondary N) is 1. The number of likely N-dealkylation sites (tertiary alicyclic amines) is 1. The van der Waals surface area contributed by atoms with Gasteiger partial charge in [0.15, 0.2) is 0 Å². The minimum atomic E-state index is 0.824. The summed E-state index contributed by atoms with van der Waals surface area (Å²) in [5.41, 5.74) is 0. The van der Waals surface area contributed by atoms with Gasteiger partial charge >= 0.3 is 0 Å². The van der Waals surface area contributed by atoms with E-state index in [2.05, 4.69) is 17.1 Å². The maximum absolute atomic E-state index is 3.73. The molecule has 2 unspecified atom stereocenters. The van der Waals surface area contributed by atoms with Crippen molar-refractivity contribution >= 4 is 0 Å². The Morgan fingerprint density at radius 2 is 1.88 bits per heavy atom. The van der Waals surface area contributed by atoms with Crippen molar-refractivity contribution in [2.75, 3.05) is 19.6 Å². The smallest absolute Gasteiger partial charge is 0.0235 e. The van der Waals surface area contributed by atoms with Gasteiger partial charge < -0.3 is 5.32 Å². The number of hydrogen-bond donors (Lipinski definition) is 1. The van der Waals surface area contributed by atoms with Crippen LogP contribution in [0.25, 0.3) is 0 Å². The molecule has 2 heterocycles. The molecule has 98 valence electrons. The molecule has 0 bridgehead atoms. The van der Waals surface area contributed by atoms with Crippen LogP contribution < -0.4 is 5.32 Å². The fourth-order valence-electron chi connectivity index (χ4n) is 4.21. The summed E-state index contributed by atoms with van der Waals surface area (Å²) < 4.78 is 0. The second-order valence-electron chi connectivity index (χ2n) is 6.68. The summed E-state index contributed by atoms with van der Waals surface area (Å²) in [7, 11) is 0. The van der Waals surface area contributed by atoms with Crippen LogP contribution in [0.3, 0.4) is 0 Å². The lowest BCUT2D eigenvalue weighted by Gasteiger charge is -2.26. The van der Waals surface area contributed by atoms with E-state index in [0.717, 1.165) is 23.9 Å². The molecule has 0 radical (unpaired) electrons. The van der Waals surface area contributed by atoms with Crippen LogP contribution in [-0.4, -0.2) is 36.6 Å². The molecule has 17 heavy (non-hydrogen) atoms. The van der Waals surface area contributed by atoms with E-state index < -0.39 is 0 Å². The third kappa shape index (κ3) is 2.68. The van der Waals surface area contributed by atoms with Gasteiger partial charge in [-0.2, -0.15) is 0 Å². The highest BCUT2D eigenvalue weighted by atomic mass is 15.2. The van der Waals surface area contributed by atoms with Crippen LogP contribution in [0.2, 0.25) is 0 Å². The number of hydrogen-bond acceptors (Lipinski definition) is 2. The van der Waals surface area contributed by atoms with E-state index in [1.54, 1.807) is 0 Å². The van der Waals surface area contributed by atoms with Crippen LogP contribution in [0.4, 0.5) is 0 Å². The molecule has 1 aliphatic carbocycles. The van der Waals surface area contributed by atoms with Crippen molar-refractivity contribution in [1.29, 1.82) is 0 Å². The lowest BCUT2D eigenvalue weighted by atomic mass is 9.94.